The fraction of sp³-hybridized carbons (Fsp3) is 0.229. The van der Waals surface area contributed by atoms with Gasteiger partial charge in [0.15, 0.2) is 23.3 Å². The van der Waals surface area contributed by atoms with Crippen LogP contribution in [0.15, 0.2) is 160 Å². The second-order valence-corrected chi connectivity index (χ2v) is 24.0. The van der Waals surface area contributed by atoms with E-state index in [1.165, 1.54) is 0 Å². The van der Waals surface area contributed by atoms with Gasteiger partial charge in [-0.15, -0.1) is 0 Å². The summed E-state index contributed by atoms with van der Waals surface area (Å²) < 4.78 is 20.0. The highest BCUT2D eigenvalue weighted by Gasteiger charge is 2.23. The molecule has 9 heterocycles. The van der Waals surface area contributed by atoms with Crippen molar-refractivity contribution in [1.29, 1.82) is 0 Å². The van der Waals surface area contributed by atoms with Gasteiger partial charge in [-0.05, 0) is 115 Å². The van der Waals surface area contributed by atoms with E-state index in [0.29, 0.717) is 90.8 Å². The van der Waals surface area contributed by atoms with Crippen LogP contribution >= 0.6 is 0 Å². The summed E-state index contributed by atoms with van der Waals surface area (Å²) in [5.74, 6) is 1.78. The number of ketones is 1. The van der Waals surface area contributed by atoms with Gasteiger partial charge in [-0.25, -0.2) is 74.2 Å². The van der Waals surface area contributed by atoms with Crippen LogP contribution in [0, 0.1) is 5.92 Å². The third-order valence-electron chi connectivity index (χ3n) is 14.7. The van der Waals surface area contributed by atoms with Gasteiger partial charge in [0.25, 0.3) is 11.8 Å². The van der Waals surface area contributed by atoms with E-state index in [4.69, 9.17) is 14.2 Å². The Morgan fingerprint density at radius 2 is 0.814 bits per heavy atom. The van der Waals surface area contributed by atoms with Crippen LogP contribution in [0.3, 0.4) is 0 Å². The van der Waals surface area contributed by atoms with Crippen LogP contribution in [0.4, 0.5) is 32.2 Å². The Kier molecular flexibility index (Phi) is 21.5. The number of fused-ring (bicyclic) bond motifs is 3. The van der Waals surface area contributed by atoms with Gasteiger partial charge in [0.2, 0.25) is 17.8 Å². The molecular weight excluding hydrogens is 1310 g/mol. The van der Waals surface area contributed by atoms with Crippen LogP contribution in [0.5, 0.6) is 0 Å². The first-order valence-corrected chi connectivity index (χ1v) is 32.3. The molecule has 0 aliphatic heterocycles. The standard InChI is InChI=1S/C26H24N8O3.C22H24N8O3.C22H23N7O3/c1-3-37-26(36)33-25-31-20-13-18(12-19(22(20)32-25)23-27-10-7-11-28-23)34-14-21(29-15-34)24(35)30-16(2)17-8-5-4-6-9-17;1-5-33-21(32)28-20-26-15-10-13(9-14(17(15)27-20)18-23-7-6-8-24-18)30-11-16(25-12-30)19(31)29-22(2,3)4;1-4-32-22(31)28-21-26-16-10-14(29-11-17(25-12-29)18(30)8-13(2)3)9-15(19(16)27-21)20-23-6-5-7-24-20/h4-16H,3H2,1-2H3,(H,30,35)(H2,31,32,33,36);6-12H,5H2,1-4H3,(H,29,31)(H2,26,27,28,32);5-7,9-13H,4,8H2,1-3H3,(H2,26,27,28,31)/t16-;;/m0../s1. The summed E-state index contributed by atoms with van der Waals surface area (Å²) in [4.78, 5) is 135. The number of carbonyl (C=O) groups is 6. The number of Topliss-reactive ketones (excluding diaryl/α,β-unsaturated/α-hetero) is 1. The average molecular weight is 1380 g/mol. The lowest BCUT2D eigenvalue weighted by Crippen LogP contribution is -2.40. The maximum absolute atomic E-state index is 12.9. The summed E-state index contributed by atoms with van der Waals surface area (Å²) in [5, 5.41) is 13.6. The van der Waals surface area contributed by atoms with Gasteiger partial charge in [0, 0.05) is 101 Å². The number of benzene rings is 4. The molecule has 13 rings (SSSR count). The number of rotatable bonds is 19. The zero-order valence-corrected chi connectivity index (χ0v) is 56.9. The van der Waals surface area contributed by atoms with Gasteiger partial charge >= 0.3 is 18.3 Å². The predicted molar refractivity (Wildman–Crippen MR) is 378 cm³/mol. The summed E-state index contributed by atoms with van der Waals surface area (Å²) in [6.07, 6.45) is 18.2. The fourth-order valence-electron chi connectivity index (χ4n) is 10.3. The molecule has 13 aromatic rings. The van der Waals surface area contributed by atoms with Gasteiger partial charge in [-0.2, -0.15) is 0 Å². The topological polar surface area (TPSA) is 407 Å². The zero-order valence-electron chi connectivity index (χ0n) is 56.9. The number of carbonyl (C=O) groups excluding carboxylic acids is 6. The Bertz CT molecular complexity index is 5120. The molecule has 520 valence electrons. The van der Waals surface area contributed by atoms with Gasteiger partial charge in [0.1, 0.15) is 52.6 Å². The number of aromatic nitrogens is 18. The van der Waals surface area contributed by atoms with Crippen molar-refractivity contribution in [3.63, 3.8) is 0 Å². The lowest BCUT2D eigenvalue weighted by Gasteiger charge is -2.19. The van der Waals surface area contributed by atoms with Crippen molar-refractivity contribution in [2.45, 2.75) is 80.3 Å². The number of ether oxygens (including phenoxy) is 3. The first-order chi connectivity index (χ1) is 49.2. The normalized spacial score (nSPS) is 11.4. The van der Waals surface area contributed by atoms with E-state index in [1.807, 2.05) is 108 Å². The van der Waals surface area contributed by atoms with E-state index in [0.717, 1.165) is 11.3 Å². The van der Waals surface area contributed by atoms with Crippen LogP contribution in [-0.4, -0.2) is 150 Å². The SMILES string of the molecule is CCOC(=O)Nc1nc2c(-c3ncccn3)cc(-n3cnc(C(=O)CC(C)C)c3)cc2[nH]1.CCOC(=O)Nc1nc2c(-c3ncccn3)cc(-n3cnc(C(=O)NC(C)(C)C)c3)cc2[nH]1.CCOC(=O)Nc1nc2c(-c3ncccn3)cc(-n3cnc(C(=O)N[C@@H](C)c4ccccc4)c3)cc2[nH]1. The summed E-state index contributed by atoms with van der Waals surface area (Å²) in [5.41, 5.74) is 9.32. The zero-order chi connectivity index (χ0) is 72.0. The van der Waals surface area contributed by atoms with Crippen LogP contribution in [0.2, 0.25) is 0 Å². The lowest BCUT2D eigenvalue weighted by atomic mass is 10.1. The number of anilines is 3. The molecular formula is C70H71N23O9. The molecule has 0 saturated heterocycles. The van der Waals surface area contributed by atoms with Gasteiger partial charge in [0.05, 0.1) is 42.4 Å². The average Bonchev–Trinajstić information content (AvgIpc) is 1.63. The van der Waals surface area contributed by atoms with E-state index in [-0.39, 0.29) is 84.1 Å². The van der Waals surface area contributed by atoms with Crippen LogP contribution < -0.4 is 26.6 Å². The quantitative estimate of drug-likeness (QED) is 0.0275. The van der Waals surface area contributed by atoms with Gasteiger partial charge < -0.3 is 53.5 Å². The molecule has 0 aliphatic carbocycles. The van der Waals surface area contributed by atoms with Crippen molar-refractivity contribution in [3.05, 3.63) is 182 Å². The number of amides is 5. The van der Waals surface area contributed by atoms with Crippen LogP contribution in [0.25, 0.3) is 84.3 Å². The highest BCUT2D eigenvalue weighted by atomic mass is 16.6. The van der Waals surface area contributed by atoms with Gasteiger partial charge in [-0.1, -0.05) is 44.2 Å². The molecule has 0 saturated carbocycles. The Morgan fingerprint density at radius 1 is 0.461 bits per heavy atom. The summed E-state index contributed by atoms with van der Waals surface area (Å²) >= 11 is 0. The minimum Gasteiger partial charge on any atom is -0.450 e. The van der Waals surface area contributed by atoms with Crippen molar-refractivity contribution in [1.82, 2.24) is 99.1 Å². The molecule has 32 nitrogen and oxygen atoms in total. The minimum atomic E-state index is -0.616. The smallest absolute Gasteiger partial charge is 0.413 e. The highest BCUT2D eigenvalue weighted by molar-refractivity contribution is 5.99. The number of H-pyrrole nitrogens is 3. The van der Waals surface area contributed by atoms with Crippen molar-refractivity contribution >= 4 is 86.8 Å². The monoisotopic (exact) mass is 1380 g/mol. The van der Waals surface area contributed by atoms with Crippen molar-refractivity contribution < 1.29 is 43.0 Å². The Morgan fingerprint density at radius 3 is 1.17 bits per heavy atom. The predicted octanol–water partition coefficient (Wildman–Crippen LogP) is 11.6. The molecule has 0 aliphatic rings. The van der Waals surface area contributed by atoms with E-state index < -0.39 is 18.3 Å². The summed E-state index contributed by atoms with van der Waals surface area (Å²) in [7, 11) is 0. The van der Waals surface area contributed by atoms with E-state index >= 15 is 0 Å². The first kappa shape index (κ1) is 69.9. The number of nitrogens with zero attached hydrogens (tertiary/aromatic N) is 15. The maximum Gasteiger partial charge on any atom is 0.413 e. The van der Waals surface area contributed by atoms with Crippen molar-refractivity contribution in [3.8, 4) is 51.2 Å². The Hall–Kier alpha value is -13.4. The van der Waals surface area contributed by atoms with Crippen LogP contribution in [-0.2, 0) is 14.2 Å². The molecule has 0 radical (unpaired) electrons. The van der Waals surface area contributed by atoms with Crippen molar-refractivity contribution in [2.24, 2.45) is 5.92 Å². The lowest BCUT2D eigenvalue weighted by molar-refractivity contribution is 0.0911. The molecule has 8 N–H and O–H groups in total. The molecule has 5 amide bonds. The highest BCUT2D eigenvalue weighted by Crippen LogP contribution is 2.33. The Labute approximate surface area is 582 Å². The number of hydrogen-bond acceptors (Lipinski definition) is 21. The van der Waals surface area contributed by atoms with E-state index in [9.17, 15) is 28.8 Å². The molecule has 0 spiro atoms. The number of hydrogen-bond donors (Lipinski definition) is 8. The summed E-state index contributed by atoms with van der Waals surface area (Å²) in [6, 6.07) is 25.8. The van der Waals surface area contributed by atoms with E-state index in [2.05, 4.69) is 101 Å². The summed E-state index contributed by atoms with van der Waals surface area (Å²) in [6.45, 7) is 17.5. The first-order valence-electron chi connectivity index (χ1n) is 32.3. The third kappa shape index (κ3) is 17.3. The largest absolute Gasteiger partial charge is 0.450 e. The molecule has 1 atom stereocenters. The third-order valence-corrected chi connectivity index (χ3v) is 14.7. The second-order valence-electron chi connectivity index (χ2n) is 24.0. The molecule has 0 unspecified atom stereocenters. The van der Waals surface area contributed by atoms with E-state index in [1.54, 1.807) is 127 Å². The number of nitrogens with one attached hydrogen (secondary N) is 8. The van der Waals surface area contributed by atoms with Gasteiger partial charge in [-0.3, -0.25) is 30.3 Å². The number of imidazole rings is 6. The van der Waals surface area contributed by atoms with Crippen molar-refractivity contribution in [2.75, 3.05) is 35.8 Å². The molecule has 9 aromatic heterocycles. The molecule has 0 bridgehead atoms. The van der Waals surface area contributed by atoms with Crippen LogP contribution in [0.1, 0.15) is 112 Å². The molecule has 0 fully saturated rings. The Balaban J connectivity index is 0.000000154. The maximum atomic E-state index is 12.9. The fourth-order valence-corrected chi connectivity index (χ4v) is 10.3. The second kappa shape index (κ2) is 31.4. The molecule has 102 heavy (non-hydrogen) atoms. The minimum absolute atomic E-state index is 0.00564. The molecule has 4 aromatic carbocycles. The molecule has 32 heteroatoms. The number of aromatic amines is 3.